The van der Waals surface area contributed by atoms with Crippen LogP contribution in [0.1, 0.15) is 15.9 Å². The average molecular weight is 318 g/mol. The van der Waals surface area contributed by atoms with Gasteiger partial charge in [0.05, 0.1) is 12.1 Å². The summed E-state index contributed by atoms with van der Waals surface area (Å²) in [6, 6.07) is 9.88. The number of alkyl halides is 3. The molecule has 0 unspecified atom stereocenters. The van der Waals surface area contributed by atoms with Crippen LogP contribution in [-0.2, 0) is 6.18 Å². The molecule has 0 bridgehead atoms. The van der Waals surface area contributed by atoms with Gasteiger partial charge in [0.2, 0.25) is 0 Å². The molecule has 0 aliphatic carbocycles. The first-order valence-corrected chi connectivity index (χ1v) is 6.65. The molecule has 0 fully saturated rings. The zero-order valence-corrected chi connectivity index (χ0v) is 12.5. The molecule has 0 saturated carbocycles. The van der Waals surface area contributed by atoms with Crippen LogP contribution in [0, 0.1) is 6.57 Å². The zero-order valence-electron chi connectivity index (χ0n) is 12.5. The SMILES string of the molecule is [C-]#[N+]c1ccc(-c2ccc(C(=O)N(C)C)cc2)cc1C(F)(F)F. The molecule has 0 aromatic heterocycles. The number of carbonyl (C=O) groups excluding carboxylic acids is 1. The number of carbonyl (C=O) groups is 1. The predicted molar refractivity (Wildman–Crippen MR) is 81.2 cm³/mol. The van der Waals surface area contributed by atoms with E-state index in [0.29, 0.717) is 16.7 Å². The van der Waals surface area contributed by atoms with Crippen molar-refractivity contribution in [3.05, 3.63) is 65.0 Å². The fourth-order valence-electron chi connectivity index (χ4n) is 2.10. The van der Waals surface area contributed by atoms with Gasteiger partial charge in [-0.15, -0.1) is 0 Å². The molecule has 0 N–H and O–H groups in total. The summed E-state index contributed by atoms with van der Waals surface area (Å²) in [5.41, 5.74) is -0.0532. The van der Waals surface area contributed by atoms with Crippen LogP contribution in [0.15, 0.2) is 42.5 Å². The largest absolute Gasteiger partial charge is 0.407 e. The summed E-state index contributed by atoms with van der Waals surface area (Å²) >= 11 is 0. The summed E-state index contributed by atoms with van der Waals surface area (Å²) in [4.78, 5) is 16.1. The van der Waals surface area contributed by atoms with E-state index in [0.717, 1.165) is 12.1 Å². The van der Waals surface area contributed by atoms with Crippen molar-refractivity contribution in [2.24, 2.45) is 0 Å². The van der Waals surface area contributed by atoms with Crippen LogP contribution in [0.25, 0.3) is 16.0 Å². The smallest absolute Gasteiger partial charge is 0.345 e. The van der Waals surface area contributed by atoms with Gasteiger partial charge in [0.15, 0.2) is 5.69 Å². The summed E-state index contributed by atoms with van der Waals surface area (Å²) in [5.74, 6) is -0.184. The Hall–Kier alpha value is -2.81. The Morgan fingerprint density at radius 1 is 1.04 bits per heavy atom. The van der Waals surface area contributed by atoms with Crippen molar-refractivity contribution in [1.29, 1.82) is 0 Å². The number of rotatable bonds is 2. The molecule has 1 amide bonds. The van der Waals surface area contributed by atoms with Crippen molar-refractivity contribution in [2.75, 3.05) is 14.1 Å². The second kappa shape index (κ2) is 6.13. The minimum absolute atomic E-state index is 0.184. The highest BCUT2D eigenvalue weighted by molar-refractivity contribution is 5.94. The molecule has 23 heavy (non-hydrogen) atoms. The average Bonchev–Trinajstić information content (AvgIpc) is 2.52. The monoisotopic (exact) mass is 318 g/mol. The van der Waals surface area contributed by atoms with E-state index in [9.17, 15) is 18.0 Å². The number of hydrogen-bond acceptors (Lipinski definition) is 1. The number of amides is 1. The number of halogens is 3. The molecule has 0 heterocycles. The first-order chi connectivity index (χ1) is 10.7. The molecule has 0 aliphatic heterocycles. The molecule has 2 aromatic rings. The number of hydrogen-bond donors (Lipinski definition) is 0. The van der Waals surface area contributed by atoms with E-state index in [-0.39, 0.29) is 5.91 Å². The van der Waals surface area contributed by atoms with Crippen molar-refractivity contribution < 1.29 is 18.0 Å². The van der Waals surface area contributed by atoms with Crippen molar-refractivity contribution in [1.82, 2.24) is 4.90 Å². The van der Waals surface area contributed by atoms with Crippen LogP contribution in [0.4, 0.5) is 18.9 Å². The number of benzene rings is 2. The minimum atomic E-state index is -4.59. The van der Waals surface area contributed by atoms with Gasteiger partial charge in [-0.25, -0.2) is 4.85 Å². The van der Waals surface area contributed by atoms with E-state index >= 15 is 0 Å². The van der Waals surface area contributed by atoms with Crippen molar-refractivity contribution >= 4 is 11.6 Å². The first-order valence-electron chi connectivity index (χ1n) is 6.65. The minimum Gasteiger partial charge on any atom is -0.345 e. The maximum Gasteiger partial charge on any atom is 0.407 e. The van der Waals surface area contributed by atoms with Gasteiger partial charge in [0.1, 0.15) is 0 Å². The molecule has 3 nitrogen and oxygen atoms in total. The second-order valence-electron chi connectivity index (χ2n) is 5.12. The van der Waals surface area contributed by atoms with E-state index in [1.807, 2.05) is 0 Å². The molecule has 0 aliphatic rings. The Bertz CT molecular complexity index is 772. The lowest BCUT2D eigenvalue weighted by molar-refractivity contribution is -0.136. The van der Waals surface area contributed by atoms with Gasteiger partial charge in [-0.1, -0.05) is 30.3 Å². The molecule has 0 atom stereocenters. The first kappa shape index (κ1) is 16.6. The normalized spacial score (nSPS) is 11.0. The van der Waals surface area contributed by atoms with Crippen LogP contribution in [0.5, 0.6) is 0 Å². The summed E-state index contributed by atoms with van der Waals surface area (Å²) < 4.78 is 39.0. The van der Waals surface area contributed by atoms with Crippen LogP contribution in [-0.4, -0.2) is 24.9 Å². The standard InChI is InChI=1S/C17H13F3N2O/c1-21-15-9-8-13(10-14(15)17(18,19)20)11-4-6-12(7-5-11)16(23)22(2)3/h4-10H,2-3H3. The fraction of sp³-hybridized carbons (Fsp3) is 0.176. The van der Waals surface area contributed by atoms with Gasteiger partial charge in [0, 0.05) is 19.7 Å². The van der Waals surface area contributed by atoms with Crippen LogP contribution < -0.4 is 0 Å². The van der Waals surface area contributed by atoms with Crippen LogP contribution in [0.2, 0.25) is 0 Å². The molecular weight excluding hydrogens is 305 g/mol. The van der Waals surface area contributed by atoms with Gasteiger partial charge in [-0.3, -0.25) is 4.79 Å². The maximum absolute atomic E-state index is 13.0. The van der Waals surface area contributed by atoms with Crippen molar-refractivity contribution in [3.63, 3.8) is 0 Å². The summed E-state index contributed by atoms with van der Waals surface area (Å²) in [6.07, 6.45) is -4.59. The molecule has 2 rings (SSSR count). The highest BCUT2D eigenvalue weighted by atomic mass is 19.4. The highest BCUT2D eigenvalue weighted by Gasteiger charge is 2.33. The van der Waals surface area contributed by atoms with Gasteiger partial charge in [-0.05, 0) is 23.3 Å². The number of nitrogens with zero attached hydrogens (tertiary/aromatic N) is 2. The van der Waals surface area contributed by atoms with Gasteiger partial charge < -0.3 is 4.90 Å². The lowest BCUT2D eigenvalue weighted by Gasteiger charge is -2.12. The van der Waals surface area contributed by atoms with Gasteiger partial charge in [0.25, 0.3) is 5.91 Å². The Morgan fingerprint density at radius 2 is 1.61 bits per heavy atom. The molecular formula is C17H13F3N2O. The predicted octanol–water partition coefficient (Wildman–Crippen LogP) is 4.62. The summed E-state index contributed by atoms with van der Waals surface area (Å²) in [6.45, 7) is 6.84. The third-order valence-electron chi connectivity index (χ3n) is 3.29. The summed E-state index contributed by atoms with van der Waals surface area (Å²) in [5, 5.41) is 0. The lowest BCUT2D eigenvalue weighted by atomic mass is 10.00. The molecule has 118 valence electrons. The Kier molecular flexibility index (Phi) is 4.41. The molecule has 0 spiro atoms. The van der Waals surface area contributed by atoms with E-state index < -0.39 is 17.4 Å². The molecule has 2 aromatic carbocycles. The van der Waals surface area contributed by atoms with E-state index in [4.69, 9.17) is 6.57 Å². The fourth-order valence-corrected chi connectivity index (χ4v) is 2.10. The lowest BCUT2D eigenvalue weighted by Crippen LogP contribution is -2.21. The van der Waals surface area contributed by atoms with E-state index in [1.54, 1.807) is 38.4 Å². The topological polar surface area (TPSA) is 24.7 Å². The van der Waals surface area contributed by atoms with Crippen molar-refractivity contribution in [3.8, 4) is 11.1 Å². The highest BCUT2D eigenvalue weighted by Crippen LogP contribution is 2.38. The second-order valence-corrected chi connectivity index (χ2v) is 5.12. The van der Waals surface area contributed by atoms with Crippen LogP contribution in [0.3, 0.4) is 0 Å². The van der Waals surface area contributed by atoms with Crippen LogP contribution >= 0.6 is 0 Å². The van der Waals surface area contributed by atoms with E-state index in [1.165, 1.54) is 11.0 Å². The quantitative estimate of drug-likeness (QED) is 0.741. The third kappa shape index (κ3) is 3.51. The summed E-state index contributed by atoms with van der Waals surface area (Å²) in [7, 11) is 3.24. The zero-order chi connectivity index (χ0) is 17.2. The van der Waals surface area contributed by atoms with Gasteiger partial charge >= 0.3 is 6.18 Å². The molecule has 0 saturated heterocycles. The maximum atomic E-state index is 13.0. The molecule has 6 heteroatoms. The Morgan fingerprint density at radius 3 is 2.09 bits per heavy atom. The Balaban J connectivity index is 2.44. The third-order valence-corrected chi connectivity index (χ3v) is 3.29. The van der Waals surface area contributed by atoms with Gasteiger partial charge in [-0.2, -0.15) is 13.2 Å². The van der Waals surface area contributed by atoms with Crippen molar-refractivity contribution in [2.45, 2.75) is 6.18 Å². The molecule has 0 radical (unpaired) electrons. The van der Waals surface area contributed by atoms with E-state index in [2.05, 4.69) is 4.85 Å². The Labute approximate surface area is 131 Å².